The predicted octanol–water partition coefficient (Wildman–Crippen LogP) is 2.65. The molecular formula is C15H26N2O2. The third-order valence-electron chi connectivity index (χ3n) is 3.07. The fraction of sp³-hybridized carbons (Fsp3) is 0.600. The van der Waals surface area contributed by atoms with Gasteiger partial charge in [0.05, 0.1) is 6.61 Å². The Balaban J connectivity index is 2.72. The van der Waals surface area contributed by atoms with Crippen LogP contribution in [0.2, 0.25) is 0 Å². The van der Waals surface area contributed by atoms with Gasteiger partial charge in [0.25, 0.3) is 0 Å². The molecule has 0 radical (unpaired) electrons. The molecule has 0 amide bonds. The van der Waals surface area contributed by atoms with Crippen LogP contribution in [-0.4, -0.2) is 20.3 Å². The van der Waals surface area contributed by atoms with Crippen LogP contribution in [0.5, 0.6) is 5.75 Å². The van der Waals surface area contributed by atoms with Gasteiger partial charge >= 0.3 is 0 Å². The average Bonchev–Trinajstić information content (AvgIpc) is 2.41. The number of hydrogen-bond acceptors (Lipinski definition) is 4. The van der Waals surface area contributed by atoms with Gasteiger partial charge in [0.15, 0.2) is 0 Å². The maximum absolute atomic E-state index is 5.75. The zero-order valence-corrected chi connectivity index (χ0v) is 12.2. The first kappa shape index (κ1) is 16.0. The lowest BCUT2D eigenvalue weighted by Crippen LogP contribution is -2.28. The van der Waals surface area contributed by atoms with E-state index in [1.54, 1.807) is 7.11 Å². The molecule has 19 heavy (non-hydrogen) atoms. The average molecular weight is 266 g/mol. The number of nitrogens with two attached hydrogens (primary N) is 1. The largest absolute Gasteiger partial charge is 0.491 e. The molecule has 1 aromatic rings. The fourth-order valence-electron chi connectivity index (χ4n) is 1.96. The molecule has 0 aliphatic heterocycles. The molecule has 1 rings (SSSR count). The van der Waals surface area contributed by atoms with Crippen LogP contribution in [0.15, 0.2) is 24.3 Å². The van der Waals surface area contributed by atoms with Crippen molar-refractivity contribution in [2.24, 2.45) is 11.8 Å². The molecule has 0 saturated carbocycles. The summed E-state index contributed by atoms with van der Waals surface area (Å²) in [7, 11) is 1.67. The maximum atomic E-state index is 5.75. The van der Waals surface area contributed by atoms with Gasteiger partial charge in [-0.05, 0) is 24.8 Å². The Kier molecular flexibility index (Phi) is 7.48. The second-order valence-corrected chi connectivity index (χ2v) is 5.07. The zero-order chi connectivity index (χ0) is 14.1. The number of ether oxygens (including phenoxy) is 2. The minimum absolute atomic E-state index is 0.126. The van der Waals surface area contributed by atoms with Gasteiger partial charge in [-0.25, -0.2) is 0 Å². The summed E-state index contributed by atoms with van der Waals surface area (Å²) in [5.74, 6) is 7.23. The highest BCUT2D eigenvalue weighted by molar-refractivity contribution is 5.35. The van der Waals surface area contributed by atoms with Crippen molar-refractivity contribution < 1.29 is 9.47 Å². The van der Waals surface area contributed by atoms with Crippen molar-refractivity contribution in [3.8, 4) is 5.75 Å². The Labute approximate surface area is 116 Å². The van der Waals surface area contributed by atoms with Gasteiger partial charge in [-0.3, -0.25) is 11.3 Å². The Hall–Kier alpha value is -1.10. The van der Waals surface area contributed by atoms with Crippen molar-refractivity contribution in [2.45, 2.75) is 32.7 Å². The summed E-state index contributed by atoms with van der Waals surface area (Å²) in [5, 5.41) is 0. The molecule has 3 N–H and O–H groups in total. The summed E-state index contributed by atoms with van der Waals surface area (Å²) < 4.78 is 10.8. The molecule has 1 unspecified atom stereocenters. The standard InChI is InChI=1S/C15H26N2O2/c1-12(2)8-9-14(17-16)13-6-4-5-7-15(13)19-11-10-18-3/h4-7,12,14,17H,8-11,16H2,1-3H3. The smallest absolute Gasteiger partial charge is 0.124 e. The molecule has 4 heteroatoms. The molecule has 0 bridgehead atoms. The van der Waals surface area contributed by atoms with E-state index in [1.807, 2.05) is 18.2 Å². The summed E-state index contributed by atoms with van der Waals surface area (Å²) in [6, 6.07) is 8.15. The maximum Gasteiger partial charge on any atom is 0.124 e. The topological polar surface area (TPSA) is 56.5 Å². The monoisotopic (exact) mass is 266 g/mol. The van der Waals surface area contributed by atoms with Crippen LogP contribution in [0.25, 0.3) is 0 Å². The molecule has 4 nitrogen and oxygen atoms in total. The second-order valence-electron chi connectivity index (χ2n) is 5.07. The number of rotatable bonds is 9. The Bertz CT molecular complexity index is 356. The summed E-state index contributed by atoms with van der Waals surface area (Å²) in [6.45, 7) is 5.57. The first-order valence-electron chi connectivity index (χ1n) is 6.85. The van der Waals surface area contributed by atoms with Gasteiger partial charge < -0.3 is 9.47 Å². The number of benzene rings is 1. The number of hydrazine groups is 1. The van der Waals surface area contributed by atoms with E-state index >= 15 is 0 Å². The first-order valence-corrected chi connectivity index (χ1v) is 6.85. The molecule has 0 aromatic heterocycles. The van der Waals surface area contributed by atoms with Gasteiger partial charge in [0, 0.05) is 18.7 Å². The zero-order valence-electron chi connectivity index (χ0n) is 12.2. The predicted molar refractivity (Wildman–Crippen MR) is 77.9 cm³/mol. The fourth-order valence-corrected chi connectivity index (χ4v) is 1.96. The molecule has 1 aromatic carbocycles. The van der Waals surface area contributed by atoms with Crippen LogP contribution in [0.4, 0.5) is 0 Å². The van der Waals surface area contributed by atoms with E-state index in [0.29, 0.717) is 19.1 Å². The minimum atomic E-state index is 0.126. The number of nitrogens with one attached hydrogen (secondary N) is 1. The van der Waals surface area contributed by atoms with E-state index in [0.717, 1.165) is 24.2 Å². The number of hydrogen-bond donors (Lipinski definition) is 2. The lowest BCUT2D eigenvalue weighted by molar-refractivity contribution is 0.145. The van der Waals surface area contributed by atoms with Crippen molar-refractivity contribution in [1.29, 1.82) is 0 Å². The number of para-hydroxylation sites is 1. The highest BCUT2D eigenvalue weighted by Gasteiger charge is 2.15. The Morgan fingerprint density at radius 2 is 1.89 bits per heavy atom. The van der Waals surface area contributed by atoms with Crippen molar-refractivity contribution in [3.05, 3.63) is 29.8 Å². The van der Waals surface area contributed by atoms with E-state index in [9.17, 15) is 0 Å². The molecule has 108 valence electrons. The van der Waals surface area contributed by atoms with Crippen molar-refractivity contribution in [2.75, 3.05) is 20.3 Å². The molecule has 0 aliphatic carbocycles. The quantitative estimate of drug-likeness (QED) is 0.410. The Morgan fingerprint density at radius 3 is 2.53 bits per heavy atom. The van der Waals surface area contributed by atoms with Crippen LogP contribution in [0, 0.1) is 5.92 Å². The second kappa shape index (κ2) is 8.91. The van der Waals surface area contributed by atoms with Crippen LogP contribution in [0.1, 0.15) is 38.3 Å². The van der Waals surface area contributed by atoms with Crippen LogP contribution < -0.4 is 16.0 Å². The third-order valence-corrected chi connectivity index (χ3v) is 3.07. The summed E-state index contributed by atoms with van der Waals surface area (Å²) in [4.78, 5) is 0. The molecule has 0 heterocycles. The van der Waals surface area contributed by atoms with Gasteiger partial charge in [-0.2, -0.15) is 0 Å². The van der Waals surface area contributed by atoms with Crippen LogP contribution in [0.3, 0.4) is 0 Å². The normalized spacial score (nSPS) is 12.7. The van der Waals surface area contributed by atoms with Gasteiger partial charge in [0.2, 0.25) is 0 Å². The summed E-state index contributed by atoms with van der Waals surface area (Å²) >= 11 is 0. The van der Waals surface area contributed by atoms with Gasteiger partial charge in [0.1, 0.15) is 12.4 Å². The van der Waals surface area contributed by atoms with Crippen molar-refractivity contribution in [3.63, 3.8) is 0 Å². The first-order chi connectivity index (χ1) is 9.19. The Morgan fingerprint density at radius 1 is 1.16 bits per heavy atom. The van der Waals surface area contributed by atoms with E-state index < -0.39 is 0 Å². The molecule has 0 spiro atoms. The SMILES string of the molecule is COCCOc1ccccc1C(CCC(C)C)NN. The van der Waals surface area contributed by atoms with E-state index in [-0.39, 0.29) is 6.04 Å². The van der Waals surface area contributed by atoms with E-state index in [2.05, 4.69) is 25.3 Å². The highest BCUT2D eigenvalue weighted by atomic mass is 16.5. The molecule has 1 atom stereocenters. The van der Waals surface area contributed by atoms with Crippen LogP contribution in [-0.2, 0) is 4.74 Å². The lowest BCUT2D eigenvalue weighted by atomic mass is 9.97. The van der Waals surface area contributed by atoms with E-state index in [1.165, 1.54) is 0 Å². The van der Waals surface area contributed by atoms with Gasteiger partial charge in [-0.15, -0.1) is 0 Å². The molecule has 0 aliphatic rings. The van der Waals surface area contributed by atoms with Crippen LogP contribution >= 0.6 is 0 Å². The van der Waals surface area contributed by atoms with Gasteiger partial charge in [-0.1, -0.05) is 32.0 Å². The molecule has 0 fully saturated rings. The lowest BCUT2D eigenvalue weighted by Gasteiger charge is -2.20. The van der Waals surface area contributed by atoms with Crippen molar-refractivity contribution in [1.82, 2.24) is 5.43 Å². The number of methoxy groups -OCH3 is 1. The highest BCUT2D eigenvalue weighted by Crippen LogP contribution is 2.28. The molecular weight excluding hydrogens is 240 g/mol. The van der Waals surface area contributed by atoms with E-state index in [4.69, 9.17) is 15.3 Å². The summed E-state index contributed by atoms with van der Waals surface area (Å²) in [5.41, 5.74) is 4.01. The summed E-state index contributed by atoms with van der Waals surface area (Å²) in [6.07, 6.45) is 2.13. The van der Waals surface area contributed by atoms with Crippen molar-refractivity contribution >= 4 is 0 Å². The third kappa shape index (κ3) is 5.59. The minimum Gasteiger partial charge on any atom is -0.491 e. The molecule has 0 saturated heterocycles.